The van der Waals surface area contributed by atoms with Crippen molar-refractivity contribution >= 4 is 27.6 Å². The van der Waals surface area contributed by atoms with Crippen molar-refractivity contribution in [1.29, 1.82) is 0 Å². The van der Waals surface area contributed by atoms with Gasteiger partial charge in [-0.3, -0.25) is 19.8 Å². The van der Waals surface area contributed by atoms with Crippen molar-refractivity contribution in [2.75, 3.05) is 13.6 Å². The quantitative estimate of drug-likeness (QED) is 0.663. The zero-order valence-corrected chi connectivity index (χ0v) is 10.7. The highest BCUT2D eigenvalue weighted by molar-refractivity contribution is 9.10. The summed E-state index contributed by atoms with van der Waals surface area (Å²) in [5.41, 5.74) is 0.806. The van der Waals surface area contributed by atoms with Gasteiger partial charge < -0.3 is 5.11 Å². The molecule has 1 aromatic carbocycles. The summed E-state index contributed by atoms with van der Waals surface area (Å²) in [6, 6.07) is 4.42. The van der Waals surface area contributed by atoms with Gasteiger partial charge in [0.05, 0.1) is 11.5 Å². The molecule has 1 rings (SSSR count). The third kappa shape index (κ3) is 4.12. The number of nitro groups is 1. The number of nitrogens with zero attached hydrogens (tertiary/aromatic N) is 2. The Bertz CT molecular complexity index is 450. The number of hydrogen-bond acceptors (Lipinski definition) is 4. The molecule has 0 amide bonds. The summed E-state index contributed by atoms with van der Waals surface area (Å²) in [5.74, 6) is -0.912. The summed E-state index contributed by atoms with van der Waals surface area (Å²) in [7, 11) is 1.67. The van der Waals surface area contributed by atoms with E-state index in [2.05, 4.69) is 15.9 Å². The molecule has 1 N–H and O–H groups in total. The Morgan fingerprint density at radius 1 is 1.59 bits per heavy atom. The van der Waals surface area contributed by atoms with Crippen molar-refractivity contribution in [1.82, 2.24) is 4.90 Å². The molecular formula is C10H11BrN2O4. The van der Waals surface area contributed by atoms with Gasteiger partial charge in [0.15, 0.2) is 0 Å². The minimum Gasteiger partial charge on any atom is -0.480 e. The van der Waals surface area contributed by atoms with E-state index in [1.54, 1.807) is 18.0 Å². The van der Waals surface area contributed by atoms with Crippen LogP contribution in [0.15, 0.2) is 22.7 Å². The highest BCUT2D eigenvalue weighted by atomic mass is 79.9. The smallest absolute Gasteiger partial charge is 0.317 e. The molecule has 6 nitrogen and oxygen atoms in total. The molecule has 1 aromatic rings. The predicted molar refractivity (Wildman–Crippen MR) is 64.8 cm³/mol. The van der Waals surface area contributed by atoms with Gasteiger partial charge >= 0.3 is 5.97 Å². The molecule has 17 heavy (non-hydrogen) atoms. The second kappa shape index (κ2) is 5.74. The van der Waals surface area contributed by atoms with Crippen LogP contribution in [0.5, 0.6) is 0 Å². The van der Waals surface area contributed by atoms with Gasteiger partial charge in [0, 0.05) is 23.2 Å². The van der Waals surface area contributed by atoms with Crippen LogP contribution >= 0.6 is 15.9 Å². The molecule has 0 bridgehead atoms. The van der Waals surface area contributed by atoms with Gasteiger partial charge in [-0.2, -0.15) is 0 Å². The minimum atomic E-state index is -0.912. The van der Waals surface area contributed by atoms with Gasteiger partial charge in [0.1, 0.15) is 0 Å². The number of halogens is 1. The molecule has 0 saturated heterocycles. The average Bonchev–Trinajstić information content (AvgIpc) is 2.19. The number of hydrogen-bond donors (Lipinski definition) is 1. The summed E-state index contributed by atoms with van der Waals surface area (Å²) in [6.45, 7) is 0.328. The highest BCUT2D eigenvalue weighted by Gasteiger charge is 2.11. The van der Waals surface area contributed by atoms with Crippen LogP contribution in [-0.2, 0) is 11.3 Å². The number of aliphatic carboxylic acids is 1. The van der Waals surface area contributed by atoms with Crippen LogP contribution in [0, 0.1) is 10.1 Å². The van der Waals surface area contributed by atoms with Crippen molar-refractivity contribution < 1.29 is 14.8 Å². The lowest BCUT2D eigenvalue weighted by Crippen LogP contribution is -2.25. The summed E-state index contributed by atoms with van der Waals surface area (Å²) >= 11 is 3.23. The van der Waals surface area contributed by atoms with Crippen LogP contribution < -0.4 is 0 Å². The molecule has 92 valence electrons. The summed E-state index contributed by atoms with van der Waals surface area (Å²) < 4.78 is 0.601. The molecule has 0 spiro atoms. The molecule has 0 fully saturated rings. The molecule has 0 aliphatic rings. The Morgan fingerprint density at radius 3 is 2.71 bits per heavy atom. The SMILES string of the molecule is CN(CC(=O)O)Cc1ccc([N+](=O)[O-])cc1Br. The van der Waals surface area contributed by atoms with Crippen LogP contribution in [-0.4, -0.2) is 34.5 Å². The monoisotopic (exact) mass is 302 g/mol. The number of rotatable bonds is 5. The maximum absolute atomic E-state index is 10.5. The maximum Gasteiger partial charge on any atom is 0.317 e. The lowest BCUT2D eigenvalue weighted by Gasteiger charge is -2.14. The Labute approximate surface area is 106 Å². The predicted octanol–water partition coefficient (Wildman–Crippen LogP) is 1.87. The van der Waals surface area contributed by atoms with E-state index in [0.717, 1.165) is 5.56 Å². The zero-order chi connectivity index (χ0) is 13.0. The van der Waals surface area contributed by atoms with Crippen molar-refractivity contribution in [3.63, 3.8) is 0 Å². The Kier molecular flexibility index (Phi) is 4.59. The number of carboxylic acid groups (broad SMARTS) is 1. The van der Waals surface area contributed by atoms with E-state index >= 15 is 0 Å². The zero-order valence-electron chi connectivity index (χ0n) is 9.09. The van der Waals surface area contributed by atoms with Crippen LogP contribution in [0.2, 0.25) is 0 Å². The van der Waals surface area contributed by atoms with Gasteiger partial charge in [-0.25, -0.2) is 0 Å². The number of non-ortho nitro benzene ring substituents is 1. The Morgan fingerprint density at radius 2 is 2.24 bits per heavy atom. The molecule has 0 aliphatic carbocycles. The molecule has 0 radical (unpaired) electrons. The Balaban J connectivity index is 2.79. The topological polar surface area (TPSA) is 83.7 Å². The fraction of sp³-hybridized carbons (Fsp3) is 0.300. The van der Waals surface area contributed by atoms with E-state index in [-0.39, 0.29) is 12.2 Å². The molecule has 0 unspecified atom stereocenters. The second-order valence-electron chi connectivity index (χ2n) is 3.60. The number of benzene rings is 1. The first-order valence-electron chi connectivity index (χ1n) is 4.73. The second-order valence-corrected chi connectivity index (χ2v) is 4.45. The third-order valence-corrected chi connectivity index (χ3v) is 2.83. The van der Waals surface area contributed by atoms with E-state index in [0.29, 0.717) is 11.0 Å². The molecule has 0 atom stereocenters. The normalized spacial score (nSPS) is 10.5. The number of likely N-dealkylation sites (N-methyl/N-ethyl adjacent to an activating group) is 1. The number of nitro benzene ring substituents is 1. The number of carboxylic acids is 1. The molecule has 7 heteroatoms. The summed E-state index contributed by atoms with van der Waals surface area (Å²) in [4.78, 5) is 22.1. The minimum absolute atomic E-state index is 0.00140. The lowest BCUT2D eigenvalue weighted by atomic mass is 10.2. The summed E-state index contributed by atoms with van der Waals surface area (Å²) in [5, 5.41) is 19.1. The van der Waals surface area contributed by atoms with Gasteiger partial charge in [-0.05, 0) is 18.7 Å². The molecule has 0 aliphatic heterocycles. The van der Waals surface area contributed by atoms with Crippen molar-refractivity contribution in [3.05, 3.63) is 38.3 Å². The van der Waals surface area contributed by atoms with Crippen molar-refractivity contribution in [3.8, 4) is 0 Å². The average molecular weight is 303 g/mol. The first-order chi connectivity index (χ1) is 7.90. The highest BCUT2D eigenvalue weighted by Crippen LogP contribution is 2.23. The molecule has 0 heterocycles. The first kappa shape index (κ1) is 13.6. The van der Waals surface area contributed by atoms with Gasteiger partial charge in [0.25, 0.3) is 5.69 Å². The van der Waals surface area contributed by atoms with E-state index in [9.17, 15) is 14.9 Å². The lowest BCUT2D eigenvalue weighted by molar-refractivity contribution is -0.384. The first-order valence-corrected chi connectivity index (χ1v) is 5.52. The third-order valence-electron chi connectivity index (χ3n) is 2.09. The van der Waals surface area contributed by atoms with Gasteiger partial charge in [-0.15, -0.1) is 0 Å². The van der Waals surface area contributed by atoms with E-state index in [1.165, 1.54) is 12.1 Å². The maximum atomic E-state index is 10.5. The Hall–Kier alpha value is -1.47. The van der Waals surface area contributed by atoms with E-state index < -0.39 is 10.9 Å². The van der Waals surface area contributed by atoms with Crippen LogP contribution in [0.4, 0.5) is 5.69 Å². The van der Waals surface area contributed by atoms with E-state index in [4.69, 9.17) is 5.11 Å². The van der Waals surface area contributed by atoms with Crippen LogP contribution in [0.25, 0.3) is 0 Å². The van der Waals surface area contributed by atoms with E-state index in [1.807, 2.05) is 0 Å². The standard InChI is InChI=1S/C10H11BrN2O4/c1-12(6-10(14)15)5-7-2-3-8(13(16)17)4-9(7)11/h2-4H,5-6H2,1H3,(H,14,15). The largest absolute Gasteiger partial charge is 0.480 e. The van der Waals surface area contributed by atoms with Gasteiger partial charge in [-0.1, -0.05) is 15.9 Å². The van der Waals surface area contributed by atoms with Crippen molar-refractivity contribution in [2.24, 2.45) is 0 Å². The fourth-order valence-corrected chi connectivity index (χ4v) is 1.85. The fourth-order valence-electron chi connectivity index (χ4n) is 1.36. The molecular weight excluding hydrogens is 292 g/mol. The summed E-state index contributed by atoms with van der Waals surface area (Å²) in [6.07, 6.45) is 0. The molecule has 0 saturated carbocycles. The van der Waals surface area contributed by atoms with Crippen molar-refractivity contribution in [2.45, 2.75) is 6.54 Å². The number of carbonyl (C=O) groups is 1. The van der Waals surface area contributed by atoms with Gasteiger partial charge in [0.2, 0.25) is 0 Å². The van der Waals surface area contributed by atoms with Crippen LogP contribution in [0.1, 0.15) is 5.56 Å². The molecule has 0 aromatic heterocycles. The van der Waals surface area contributed by atoms with Crippen LogP contribution in [0.3, 0.4) is 0 Å².